The normalized spacial score (nSPS) is 12.6. The Hall–Kier alpha value is -3.05. The van der Waals surface area contributed by atoms with E-state index in [1.807, 2.05) is 13.8 Å². The van der Waals surface area contributed by atoms with Gasteiger partial charge < -0.3 is 14.8 Å². The van der Waals surface area contributed by atoms with E-state index in [2.05, 4.69) is 5.32 Å². The number of thiazole rings is 1. The van der Waals surface area contributed by atoms with Gasteiger partial charge in [-0.15, -0.1) is 0 Å². The molecule has 1 N–H and O–H groups in total. The highest BCUT2D eigenvalue weighted by Crippen LogP contribution is 2.33. The Morgan fingerprint density at radius 2 is 1.73 bits per heavy atom. The minimum atomic E-state index is -3.81. The monoisotopic (exact) mass is 493 g/mol. The molecule has 0 aliphatic carbocycles. The number of carbonyl (C=O) groups excluding carboxylic acids is 1. The Balaban J connectivity index is 1.92. The quantitative estimate of drug-likeness (QED) is 0.515. The van der Waals surface area contributed by atoms with Crippen LogP contribution in [0.25, 0.3) is 10.2 Å². The van der Waals surface area contributed by atoms with Crippen molar-refractivity contribution in [2.24, 2.45) is 0 Å². The van der Waals surface area contributed by atoms with E-state index < -0.39 is 22.0 Å². The maximum Gasteiger partial charge on any atom is 0.308 e. The van der Waals surface area contributed by atoms with E-state index in [0.717, 1.165) is 32.1 Å². The first-order valence-electron chi connectivity index (χ1n) is 10.1. The zero-order chi connectivity index (χ0) is 24.5. The third-order valence-corrected chi connectivity index (χ3v) is 7.27. The first kappa shape index (κ1) is 24.6. The maximum atomic E-state index is 13.0. The number of methoxy groups -OCH3 is 2. The van der Waals surface area contributed by atoms with Crippen molar-refractivity contribution in [1.29, 1.82) is 0 Å². The molecule has 0 fully saturated rings. The highest BCUT2D eigenvalue weighted by molar-refractivity contribution is 7.92. The van der Waals surface area contributed by atoms with Crippen LogP contribution in [0.15, 0.2) is 41.2 Å². The van der Waals surface area contributed by atoms with Gasteiger partial charge in [0, 0.05) is 17.8 Å². The van der Waals surface area contributed by atoms with E-state index in [0.29, 0.717) is 17.2 Å². The fourth-order valence-corrected chi connectivity index (χ4v) is 5.84. The predicted octanol–water partition coefficient (Wildman–Crippen LogP) is 3.45. The van der Waals surface area contributed by atoms with Gasteiger partial charge in [-0.25, -0.2) is 8.42 Å². The number of ether oxygens (including phenoxy) is 2. The molecular weight excluding hydrogens is 466 g/mol. The molecule has 0 aliphatic rings. The summed E-state index contributed by atoms with van der Waals surface area (Å²) >= 11 is 1.10. The Bertz CT molecular complexity index is 1340. The topological polar surface area (TPSA) is 107 Å². The second-order valence-corrected chi connectivity index (χ2v) is 10.6. The summed E-state index contributed by atoms with van der Waals surface area (Å²) in [6.07, 6.45) is 1.03. The van der Waals surface area contributed by atoms with E-state index in [9.17, 15) is 18.0 Å². The van der Waals surface area contributed by atoms with E-state index >= 15 is 0 Å². The number of aromatic nitrogens is 1. The number of anilines is 2. The van der Waals surface area contributed by atoms with Gasteiger partial charge in [-0.05, 0) is 51.1 Å². The summed E-state index contributed by atoms with van der Waals surface area (Å²) in [5, 5.41) is 2.76. The van der Waals surface area contributed by atoms with Crippen LogP contribution in [0.4, 0.5) is 11.4 Å². The molecular formula is C22H27N3O6S2. The van der Waals surface area contributed by atoms with E-state index in [1.165, 1.54) is 27.2 Å². The van der Waals surface area contributed by atoms with Crippen LogP contribution in [0.2, 0.25) is 0 Å². The standard InChI is InChI=1S/C22H27N3O6S2/c1-13(2)24-17-9-7-15(11-20(17)32-22(24)27)23-21(26)14(3)25(33(6,28)29)16-8-10-18(30-4)19(12-16)31-5/h7-14H,1-6H3,(H,23,26)/t14-/m1/s1. The lowest BCUT2D eigenvalue weighted by molar-refractivity contribution is -0.116. The van der Waals surface area contributed by atoms with Crippen molar-refractivity contribution in [3.8, 4) is 11.5 Å². The highest BCUT2D eigenvalue weighted by Gasteiger charge is 2.30. The van der Waals surface area contributed by atoms with Gasteiger partial charge in [0.2, 0.25) is 15.9 Å². The van der Waals surface area contributed by atoms with Crippen molar-refractivity contribution < 1.29 is 22.7 Å². The summed E-state index contributed by atoms with van der Waals surface area (Å²) in [6.45, 7) is 5.36. The molecule has 0 unspecified atom stereocenters. The average molecular weight is 494 g/mol. The van der Waals surface area contributed by atoms with Gasteiger partial charge in [0.25, 0.3) is 0 Å². The summed E-state index contributed by atoms with van der Waals surface area (Å²) in [4.78, 5) is 25.2. The zero-order valence-corrected chi connectivity index (χ0v) is 20.9. The number of carbonyl (C=O) groups is 1. The number of amides is 1. The molecule has 1 heterocycles. The second-order valence-electron chi connectivity index (χ2n) is 7.78. The molecule has 9 nitrogen and oxygen atoms in total. The average Bonchev–Trinajstić information content (AvgIpc) is 3.07. The zero-order valence-electron chi connectivity index (χ0n) is 19.3. The molecule has 0 saturated carbocycles. The van der Waals surface area contributed by atoms with Crippen molar-refractivity contribution in [2.45, 2.75) is 32.9 Å². The fourth-order valence-electron chi connectivity index (χ4n) is 3.62. The van der Waals surface area contributed by atoms with Crippen LogP contribution < -0.4 is 24.0 Å². The number of hydrogen-bond acceptors (Lipinski definition) is 7. The van der Waals surface area contributed by atoms with Crippen LogP contribution >= 0.6 is 11.3 Å². The summed E-state index contributed by atoms with van der Waals surface area (Å²) in [5.74, 6) is 0.254. The second kappa shape index (κ2) is 9.44. The molecule has 3 aromatic rings. The lowest BCUT2D eigenvalue weighted by Gasteiger charge is -2.28. The van der Waals surface area contributed by atoms with E-state index in [1.54, 1.807) is 34.9 Å². The van der Waals surface area contributed by atoms with Crippen molar-refractivity contribution in [1.82, 2.24) is 4.57 Å². The molecule has 178 valence electrons. The van der Waals surface area contributed by atoms with Crippen molar-refractivity contribution in [3.05, 3.63) is 46.1 Å². The van der Waals surface area contributed by atoms with Crippen LogP contribution in [0.5, 0.6) is 11.5 Å². The van der Waals surface area contributed by atoms with Crippen LogP contribution in [-0.4, -0.2) is 45.4 Å². The lowest BCUT2D eigenvalue weighted by Crippen LogP contribution is -2.45. The molecule has 0 spiro atoms. The third kappa shape index (κ3) is 4.98. The SMILES string of the molecule is COc1ccc(N([C@H](C)C(=O)Nc2ccc3c(c2)sc(=O)n3C(C)C)S(C)(=O)=O)cc1OC. The van der Waals surface area contributed by atoms with Gasteiger partial charge in [-0.1, -0.05) is 11.3 Å². The summed E-state index contributed by atoms with van der Waals surface area (Å²) in [7, 11) is -0.891. The van der Waals surface area contributed by atoms with Gasteiger partial charge in [-0.3, -0.25) is 18.5 Å². The summed E-state index contributed by atoms with van der Waals surface area (Å²) in [5.41, 5.74) is 1.52. The molecule has 1 amide bonds. The predicted molar refractivity (Wildman–Crippen MR) is 131 cm³/mol. The number of fused-ring (bicyclic) bond motifs is 1. The number of sulfonamides is 1. The molecule has 0 radical (unpaired) electrons. The first-order chi connectivity index (χ1) is 15.5. The van der Waals surface area contributed by atoms with Gasteiger partial charge >= 0.3 is 4.87 Å². The van der Waals surface area contributed by atoms with Gasteiger partial charge in [0.15, 0.2) is 11.5 Å². The van der Waals surface area contributed by atoms with Crippen LogP contribution in [0.3, 0.4) is 0 Å². The Labute approximate surface area is 196 Å². The number of hydrogen-bond donors (Lipinski definition) is 1. The largest absolute Gasteiger partial charge is 0.493 e. The number of rotatable bonds is 8. The van der Waals surface area contributed by atoms with Crippen molar-refractivity contribution in [3.63, 3.8) is 0 Å². The Morgan fingerprint density at radius 1 is 1.06 bits per heavy atom. The molecule has 0 saturated heterocycles. The van der Waals surface area contributed by atoms with Gasteiger partial charge in [-0.2, -0.15) is 0 Å². The highest BCUT2D eigenvalue weighted by atomic mass is 32.2. The smallest absolute Gasteiger partial charge is 0.308 e. The van der Waals surface area contributed by atoms with Gasteiger partial charge in [0.05, 0.1) is 36.4 Å². The van der Waals surface area contributed by atoms with Crippen LogP contribution in [0, 0.1) is 0 Å². The summed E-state index contributed by atoms with van der Waals surface area (Å²) in [6, 6.07) is 8.75. The molecule has 11 heteroatoms. The van der Waals surface area contributed by atoms with E-state index in [4.69, 9.17) is 9.47 Å². The molecule has 1 aromatic heterocycles. The lowest BCUT2D eigenvalue weighted by atomic mass is 10.2. The molecule has 33 heavy (non-hydrogen) atoms. The van der Waals surface area contributed by atoms with E-state index in [-0.39, 0.29) is 16.6 Å². The molecule has 1 atom stereocenters. The van der Waals surface area contributed by atoms with Crippen LogP contribution in [-0.2, 0) is 14.8 Å². The third-order valence-electron chi connectivity index (χ3n) is 5.11. The molecule has 0 aliphatic heterocycles. The molecule has 0 bridgehead atoms. The fraction of sp³-hybridized carbons (Fsp3) is 0.364. The minimum Gasteiger partial charge on any atom is -0.493 e. The van der Waals surface area contributed by atoms with Gasteiger partial charge in [0.1, 0.15) is 6.04 Å². The first-order valence-corrected chi connectivity index (χ1v) is 12.8. The van der Waals surface area contributed by atoms with Crippen molar-refractivity contribution in [2.75, 3.05) is 30.1 Å². The maximum absolute atomic E-state index is 13.0. The molecule has 3 rings (SSSR count). The number of nitrogens with one attached hydrogen (secondary N) is 1. The number of benzene rings is 2. The number of nitrogens with zero attached hydrogens (tertiary/aromatic N) is 2. The summed E-state index contributed by atoms with van der Waals surface area (Å²) < 4.78 is 39.1. The van der Waals surface area contributed by atoms with Crippen molar-refractivity contribution >= 4 is 48.9 Å². The van der Waals surface area contributed by atoms with Crippen LogP contribution in [0.1, 0.15) is 26.8 Å². The molecule has 2 aromatic carbocycles. The Morgan fingerprint density at radius 3 is 2.30 bits per heavy atom. The Kier molecular flexibility index (Phi) is 7.03. The minimum absolute atomic E-state index is 0.0107.